The Hall–Kier alpha value is -0.160. The van der Waals surface area contributed by atoms with Gasteiger partial charge in [-0.15, -0.1) is 0 Å². The number of nitrogens with one attached hydrogen (secondary N) is 1. The molecule has 0 aliphatic carbocycles. The van der Waals surface area contributed by atoms with Crippen LogP contribution in [0.15, 0.2) is 0 Å². The molecular weight excluding hydrogens is 228 g/mol. The van der Waals surface area contributed by atoms with Crippen molar-refractivity contribution >= 4 is 0 Å². The molecule has 1 N–H and O–H groups in total. The first-order valence-electron chi connectivity index (χ1n) is 7.42. The summed E-state index contributed by atoms with van der Waals surface area (Å²) in [6.45, 7) is 5.04. The Kier molecular flexibility index (Phi) is 3.89. The highest BCUT2D eigenvalue weighted by Crippen LogP contribution is 2.33. The quantitative estimate of drug-likeness (QED) is 0.797. The van der Waals surface area contributed by atoms with Crippen LogP contribution >= 0.6 is 0 Å². The summed E-state index contributed by atoms with van der Waals surface area (Å²) in [4.78, 5) is 2.43. The Morgan fingerprint density at radius 2 is 1.94 bits per heavy atom. The first-order valence-corrected chi connectivity index (χ1v) is 7.42. The van der Waals surface area contributed by atoms with Crippen LogP contribution in [0.2, 0.25) is 0 Å². The van der Waals surface area contributed by atoms with Gasteiger partial charge in [-0.25, -0.2) is 0 Å². The van der Waals surface area contributed by atoms with Crippen molar-refractivity contribution in [1.82, 2.24) is 10.2 Å². The Labute approximate surface area is 110 Å². The Morgan fingerprint density at radius 3 is 2.67 bits per heavy atom. The molecule has 0 amide bonds. The molecule has 0 bridgehead atoms. The van der Waals surface area contributed by atoms with Crippen molar-refractivity contribution in [1.29, 1.82) is 0 Å². The predicted octanol–water partition coefficient (Wildman–Crippen LogP) is 1.01. The summed E-state index contributed by atoms with van der Waals surface area (Å²) in [5.41, 5.74) is 0.0430. The van der Waals surface area contributed by atoms with Crippen molar-refractivity contribution in [2.24, 2.45) is 0 Å². The van der Waals surface area contributed by atoms with Crippen molar-refractivity contribution < 1.29 is 9.47 Å². The van der Waals surface area contributed by atoms with E-state index in [4.69, 9.17) is 9.47 Å². The molecule has 3 aliphatic heterocycles. The van der Waals surface area contributed by atoms with Gasteiger partial charge in [0.1, 0.15) is 0 Å². The lowest BCUT2D eigenvalue weighted by atomic mass is 9.89. The first kappa shape index (κ1) is 12.9. The summed E-state index contributed by atoms with van der Waals surface area (Å²) in [5, 5.41) is 3.87. The van der Waals surface area contributed by atoms with Gasteiger partial charge >= 0.3 is 0 Å². The van der Waals surface area contributed by atoms with Gasteiger partial charge in [0.15, 0.2) is 0 Å². The smallest absolute Gasteiger partial charge is 0.0951 e. The monoisotopic (exact) mass is 254 g/mol. The number of likely N-dealkylation sites (tertiary alicyclic amines) is 1. The van der Waals surface area contributed by atoms with E-state index in [1.54, 1.807) is 0 Å². The molecule has 1 spiro atoms. The standard InChI is InChI=1S/C14H26N2O2/c1-16-6-2-12(3-7-16)15-13-4-8-18-14(10-13)5-9-17-11-14/h12-13,15H,2-11H2,1H3. The molecule has 3 rings (SSSR count). The Balaban J connectivity index is 1.50. The molecule has 104 valence electrons. The van der Waals surface area contributed by atoms with Gasteiger partial charge in [-0.05, 0) is 45.8 Å². The minimum absolute atomic E-state index is 0.0430. The zero-order valence-corrected chi connectivity index (χ0v) is 11.5. The van der Waals surface area contributed by atoms with E-state index in [-0.39, 0.29) is 5.60 Å². The Bertz CT molecular complexity index is 271. The zero-order valence-electron chi connectivity index (χ0n) is 11.5. The molecule has 3 saturated heterocycles. The second-order valence-corrected chi connectivity index (χ2v) is 6.27. The van der Waals surface area contributed by atoms with E-state index in [0.717, 1.165) is 39.1 Å². The lowest BCUT2D eigenvalue weighted by Gasteiger charge is -2.40. The molecule has 3 aliphatic rings. The highest BCUT2D eigenvalue weighted by Gasteiger charge is 2.41. The maximum atomic E-state index is 5.99. The lowest BCUT2D eigenvalue weighted by molar-refractivity contribution is -0.0908. The number of nitrogens with zero attached hydrogens (tertiary/aromatic N) is 1. The highest BCUT2D eigenvalue weighted by molar-refractivity contribution is 4.94. The molecule has 0 aromatic rings. The van der Waals surface area contributed by atoms with E-state index < -0.39 is 0 Å². The fraction of sp³-hybridized carbons (Fsp3) is 1.00. The van der Waals surface area contributed by atoms with Gasteiger partial charge in [0, 0.05) is 31.7 Å². The van der Waals surface area contributed by atoms with Crippen LogP contribution in [0, 0.1) is 0 Å². The number of rotatable bonds is 2. The zero-order chi connectivity index (χ0) is 12.4. The largest absolute Gasteiger partial charge is 0.378 e. The van der Waals surface area contributed by atoms with Crippen molar-refractivity contribution in [3.63, 3.8) is 0 Å². The van der Waals surface area contributed by atoms with Crippen LogP contribution in [-0.4, -0.2) is 62.5 Å². The SMILES string of the molecule is CN1CCC(NC2CCOC3(CCOC3)C2)CC1. The fourth-order valence-electron chi connectivity index (χ4n) is 3.54. The summed E-state index contributed by atoms with van der Waals surface area (Å²) in [6, 6.07) is 1.34. The van der Waals surface area contributed by atoms with E-state index in [1.165, 1.54) is 25.9 Å². The van der Waals surface area contributed by atoms with Gasteiger partial charge < -0.3 is 19.7 Å². The highest BCUT2D eigenvalue weighted by atomic mass is 16.6. The van der Waals surface area contributed by atoms with Crippen LogP contribution in [-0.2, 0) is 9.47 Å². The van der Waals surface area contributed by atoms with Gasteiger partial charge in [-0.2, -0.15) is 0 Å². The van der Waals surface area contributed by atoms with E-state index >= 15 is 0 Å². The van der Waals surface area contributed by atoms with Crippen LogP contribution in [0.1, 0.15) is 32.1 Å². The number of ether oxygens (including phenoxy) is 2. The summed E-state index contributed by atoms with van der Waals surface area (Å²) in [6.07, 6.45) is 5.96. The maximum Gasteiger partial charge on any atom is 0.0951 e. The summed E-state index contributed by atoms with van der Waals surface area (Å²) in [7, 11) is 2.22. The number of hydrogen-bond donors (Lipinski definition) is 1. The molecule has 2 atom stereocenters. The molecule has 2 unspecified atom stereocenters. The molecule has 4 heteroatoms. The van der Waals surface area contributed by atoms with Gasteiger partial charge in [0.2, 0.25) is 0 Å². The molecule has 3 fully saturated rings. The fourth-order valence-corrected chi connectivity index (χ4v) is 3.54. The van der Waals surface area contributed by atoms with Crippen molar-refractivity contribution in [3.8, 4) is 0 Å². The molecule has 4 nitrogen and oxygen atoms in total. The molecule has 18 heavy (non-hydrogen) atoms. The molecule has 0 aromatic heterocycles. The predicted molar refractivity (Wildman–Crippen MR) is 70.8 cm³/mol. The van der Waals surface area contributed by atoms with Crippen LogP contribution in [0.3, 0.4) is 0 Å². The molecular formula is C14H26N2O2. The third-order valence-electron chi connectivity index (χ3n) is 4.75. The van der Waals surface area contributed by atoms with Crippen LogP contribution in [0.25, 0.3) is 0 Å². The van der Waals surface area contributed by atoms with Crippen LogP contribution < -0.4 is 5.32 Å². The lowest BCUT2D eigenvalue weighted by Crippen LogP contribution is -2.52. The number of piperidine rings is 1. The van der Waals surface area contributed by atoms with Gasteiger partial charge in [0.05, 0.1) is 12.2 Å². The molecule has 0 saturated carbocycles. The van der Waals surface area contributed by atoms with Gasteiger partial charge in [-0.1, -0.05) is 0 Å². The maximum absolute atomic E-state index is 5.99. The Morgan fingerprint density at radius 1 is 1.11 bits per heavy atom. The average Bonchev–Trinajstić information content (AvgIpc) is 2.80. The molecule has 3 heterocycles. The third-order valence-corrected chi connectivity index (χ3v) is 4.75. The third kappa shape index (κ3) is 2.87. The van der Waals surface area contributed by atoms with Crippen molar-refractivity contribution in [2.45, 2.75) is 49.8 Å². The second-order valence-electron chi connectivity index (χ2n) is 6.27. The first-order chi connectivity index (χ1) is 8.76. The minimum Gasteiger partial charge on any atom is -0.378 e. The second kappa shape index (κ2) is 5.45. The normalized spacial score (nSPS) is 39.5. The van der Waals surface area contributed by atoms with Crippen LogP contribution in [0.4, 0.5) is 0 Å². The van der Waals surface area contributed by atoms with Gasteiger partial charge in [0.25, 0.3) is 0 Å². The van der Waals surface area contributed by atoms with Crippen LogP contribution in [0.5, 0.6) is 0 Å². The topological polar surface area (TPSA) is 33.7 Å². The number of hydrogen-bond acceptors (Lipinski definition) is 4. The summed E-state index contributed by atoms with van der Waals surface area (Å²) >= 11 is 0. The van der Waals surface area contributed by atoms with E-state index in [2.05, 4.69) is 17.3 Å². The minimum atomic E-state index is 0.0430. The van der Waals surface area contributed by atoms with E-state index in [1.807, 2.05) is 0 Å². The van der Waals surface area contributed by atoms with E-state index in [9.17, 15) is 0 Å². The molecule has 0 aromatic carbocycles. The van der Waals surface area contributed by atoms with Crippen molar-refractivity contribution in [3.05, 3.63) is 0 Å². The van der Waals surface area contributed by atoms with Crippen molar-refractivity contribution in [2.75, 3.05) is 40.0 Å². The van der Waals surface area contributed by atoms with E-state index in [0.29, 0.717) is 12.1 Å². The summed E-state index contributed by atoms with van der Waals surface area (Å²) in [5.74, 6) is 0. The molecule has 0 radical (unpaired) electrons. The van der Waals surface area contributed by atoms with Gasteiger partial charge in [-0.3, -0.25) is 0 Å². The average molecular weight is 254 g/mol. The summed E-state index contributed by atoms with van der Waals surface area (Å²) < 4.78 is 11.5.